The van der Waals surface area contributed by atoms with Gasteiger partial charge in [-0.1, -0.05) is 30.3 Å². The summed E-state index contributed by atoms with van der Waals surface area (Å²) >= 11 is 0. The van der Waals surface area contributed by atoms with Crippen molar-refractivity contribution in [1.29, 1.82) is 0 Å². The minimum Gasteiger partial charge on any atom is -0.467 e. The first-order valence-electron chi connectivity index (χ1n) is 7.37. The van der Waals surface area contributed by atoms with Crippen LogP contribution < -0.4 is 5.32 Å². The number of hydrogen-bond acceptors (Lipinski definition) is 3. The van der Waals surface area contributed by atoms with Crippen LogP contribution in [0.3, 0.4) is 0 Å². The van der Waals surface area contributed by atoms with Crippen molar-refractivity contribution in [2.75, 3.05) is 0 Å². The summed E-state index contributed by atoms with van der Waals surface area (Å²) in [5.74, 6) is 0.604. The van der Waals surface area contributed by atoms with Gasteiger partial charge in [0.1, 0.15) is 11.8 Å². The molecule has 0 aliphatic carbocycles. The van der Waals surface area contributed by atoms with E-state index in [-0.39, 0.29) is 11.8 Å². The number of benzene rings is 1. The quantitative estimate of drug-likeness (QED) is 0.919. The monoisotopic (exact) mass is 298 g/mol. The molecule has 1 saturated heterocycles. The molecular formula is C17H18N2O3. The first-order valence-corrected chi connectivity index (χ1v) is 7.37. The molecule has 22 heavy (non-hydrogen) atoms. The topological polar surface area (TPSA) is 62.6 Å². The standard InChI is InChI=1S/C17H18N2O3/c20-16-9-8-15(17(21)18-11-14-7-4-10-22-14)19(16)12-13-5-2-1-3-6-13/h1-7,10,15H,8-9,11-12H2,(H,18,21). The molecule has 1 aliphatic heterocycles. The molecule has 1 aliphatic rings. The molecule has 1 unspecified atom stereocenters. The third kappa shape index (κ3) is 3.19. The zero-order valence-corrected chi connectivity index (χ0v) is 12.2. The van der Waals surface area contributed by atoms with Crippen molar-refractivity contribution in [3.63, 3.8) is 0 Å². The van der Waals surface area contributed by atoms with Gasteiger partial charge in [-0.3, -0.25) is 9.59 Å². The number of furan rings is 1. The summed E-state index contributed by atoms with van der Waals surface area (Å²) in [4.78, 5) is 26.1. The highest BCUT2D eigenvalue weighted by molar-refractivity contribution is 5.90. The molecule has 1 fully saturated rings. The molecule has 3 rings (SSSR count). The highest BCUT2D eigenvalue weighted by atomic mass is 16.3. The van der Waals surface area contributed by atoms with Gasteiger partial charge in [0.25, 0.3) is 0 Å². The van der Waals surface area contributed by atoms with Gasteiger partial charge in [-0.05, 0) is 24.1 Å². The summed E-state index contributed by atoms with van der Waals surface area (Å²) in [5.41, 5.74) is 1.03. The lowest BCUT2D eigenvalue weighted by Crippen LogP contribution is -2.44. The van der Waals surface area contributed by atoms with E-state index in [1.165, 1.54) is 0 Å². The van der Waals surface area contributed by atoms with E-state index >= 15 is 0 Å². The van der Waals surface area contributed by atoms with E-state index in [0.29, 0.717) is 31.7 Å². The molecule has 2 amide bonds. The van der Waals surface area contributed by atoms with E-state index in [9.17, 15) is 9.59 Å². The van der Waals surface area contributed by atoms with Crippen LogP contribution in [0.2, 0.25) is 0 Å². The maximum absolute atomic E-state index is 12.3. The molecule has 1 aromatic heterocycles. The number of likely N-dealkylation sites (tertiary alicyclic amines) is 1. The Kier molecular flexibility index (Phi) is 4.23. The van der Waals surface area contributed by atoms with Gasteiger partial charge in [-0.2, -0.15) is 0 Å². The SMILES string of the molecule is O=C(NCc1ccco1)C1CCC(=O)N1Cc1ccccc1. The molecule has 114 valence electrons. The molecule has 0 saturated carbocycles. The Morgan fingerprint density at radius 2 is 2.05 bits per heavy atom. The van der Waals surface area contributed by atoms with Crippen LogP contribution in [0.25, 0.3) is 0 Å². The van der Waals surface area contributed by atoms with Crippen LogP contribution in [-0.4, -0.2) is 22.8 Å². The van der Waals surface area contributed by atoms with E-state index < -0.39 is 6.04 Å². The molecule has 0 bridgehead atoms. The second kappa shape index (κ2) is 6.47. The Morgan fingerprint density at radius 3 is 2.77 bits per heavy atom. The number of nitrogens with one attached hydrogen (secondary N) is 1. The number of carbonyl (C=O) groups excluding carboxylic acids is 2. The summed E-state index contributed by atoms with van der Waals surface area (Å²) < 4.78 is 5.19. The first kappa shape index (κ1) is 14.4. The molecule has 0 radical (unpaired) electrons. The lowest BCUT2D eigenvalue weighted by atomic mass is 10.1. The largest absolute Gasteiger partial charge is 0.467 e. The Balaban J connectivity index is 1.63. The first-order chi connectivity index (χ1) is 10.7. The van der Waals surface area contributed by atoms with E-state index in [2.05, 4.69) is 5.32 Å². The molecule has 1 aromatic carbocycles. The zero-order valence-electron chi connectivity index (χ0n) is 12.2. The van der Waals surface area contributed by atoms with Crippen molar-refractivity contribution in [1.82, 2.24) is 10.2 Å². The molecule has 2 aromatic rings. The molecular weight excluding hydrogens is 280 g/mol. The van der Waals surface area contributed by atoms with Crippen molar-refractivity contribution in [3.8, 4) is 0 Å². The number of amides is 2. The van der Waals surface area contributed by atoms with Gasteiger partial charge >= 0.3 is 0 Å². The van der Waals surface area contributed by atoms with Crippen molar-refractivity contribution in [2.24, 2.45) is 0 Å². The van der Waals surface area contributed by atoms with Crippen LogP contribution in [0.4, 0.5) is 0 Å². The zero-order chi connectivity index (χ0) is 15.4. The summed E-state index contributed by atoms with van der Waals surface area (Å²) in [6, 6.07) is 12.9. The van der Waals surface area contributed by atoms with Gasteiger partial charge < -0.3 is 14.6 Å². The fourth-order valence-electron chi connectivity index (χ4n) is 2.69. The minimum absolute atomic E-state index is 0.0296. The Labute approximate surface area is 128 Å². The second-order valence-corrected chi connectivity index (χ2v) is 5.36. The van der Waals surface area contributed by atoms with Crippen molar-refractivity contribution in [3.05, 3.63) is 60.1 Å². The van der Waals surface area contributed by atoms with E-state index in [1.807, 2.05) is 36.4 Å². The van der Waals surface area contributed by atoms with Gasteiger partial charge in [-0.25, -0.2) is 0 Å². The second-order valence-electron chi connectivity index (χ2n) is 5.36. The van der Waals surface area contributed by atoms with Gasteiger partial charge in [0.2, 0.25) is 11.8 Å². The van der Waals surface area contributed by atoms with Crippen LogP contribution in [-0.2, 0) is 22.7 Å². The summed E-state index contributed by atoms with van der Waals surface area (Å²) in [6.07, 6.45) is 2.56. The summed E-state index contributed by atoms with van der Waals surface area (Å²) in [6.45, 7) is 0.814. The van der Waals surface area contributed by atoms with Crippen LogP contribution in [0, 0.1) is 0 Å². The highest BCUT2D eigenvalue weighted by Gasteiger charge is 2.35. The normalized spacial score (nSPS) is 17.7. The molecule has 1 atom stereocenters. The van der Waals surface area contributed by atoms with E-state index in [0.717, 1.165) is 5.56 Å². The van der Waals surface area contributed by atoms with Crippen LogP contribution in [0.1, 0.15) is 24.2 Å². The third-order valence-corrected chi connectivity index (χ3v) is 3.84. The Morgan fingerprint density at radius 1 is 1.23 bits per heavy atom. The highest BCUT2D eigenvalue weighted by Crippen LogP contribution is 2.21. The number of nitrogens with zero attached hydrogens (tertiary/aromatic N) is 1. The minimum atomic E-state index is -0.400. The number of rotatable bonds is 5. The van der Waals surface area contributed by atoms with Crippen LogP contribution in [0.15, 0.2) is 53.1 Å². The Bertz CT molecular complexity index is 637. The third-order valence-electron chi connectivity index (χ3n) is 3.84. The number of carbonyl (C=O) groups is 2. The molecule has 5 nitrogen and oxygen atoms in total. The maximum Gasteiger partial charge on any atom is 0.243 e. The average molecular weight is 298 g/mol. The van der Waals surface area contributed by atoms with E-state index in [4.69, 9.17) is 4.42 Å². The maximum atomic E-state index is 12.3. The molecule has 0 spiro atoms. The fraction of sp³-hybridized carbons (Fsp3) is 0.294. The summed E-state index contributed by atoms with van der Waals surface area (Å²) in [7, 11) is 0. The van der Waals surface area contributed by atoms with Gasteiger partial charge in [0, 0.05) is 13.0 Å². The van der Waals surface area contributed by atoms with E-state index in [1.54, 1.807) is 17.2 Å². The predicted octanol–water partition coefficient (Wildman–Crippen LogP) is 2.09. The van der Waals surface area contributed by atoms with Gasteiger partial charge in [0.15, 0.2) is 0 Å². The Hall–Kier alpha value is -2.56. The fourth-order valence-corrected chi connectivity index (χ4v) is 2.69. The smallest absolute Gasteiger partial charge is 0.243 e. The van der Waals surface area contributed by atoms with Crippen molar-refractivity contribution < 1.29 is 14.0 Å². The van der Waals surface area contributed by atoms with Crippen molar-refractivity contribution in [2.45, 2.75) is 32.0 Å². The van der Waals surface area contributed by atoms with Gasteiger partial charge in [0.05, 0.1) is 12.8 Å². The van der Waals surface area contributed by atoms with Gasteiger partial charge in [-0.15, -0.1) is 0 Å². The lowest BCUT2D eigenvalue weighted by Gasteiger charge is -2.24. The molecule has 2 heterocycles. The summed E-state index contributed by atoms with van der Waals surface area (Å²) in [5, 5.41) is 2.84. The van der Waals surface area contributed by atoms with Crippen LogP contribution in [0.5, 0.6) is 0 Å². The molecule has 5 heteroatoms. The molecule has 1 N–H and O–H groups in total. The predicted molar refractivity (Wildman–Crippen MR) is 80.6 cm³/mol. The van der Waals surface area contributed by atoms with Crippen LogP contribution >= 0.6 is 0 Å². The lowest BCUT2D eigenvalue weighted by molar-refractivity contribution is -0.135. The average Bonchev–Trinajstić information content (AvgIpc) is 3.17. The van der Waals surface area contributed by atoms with Crippen molar-refractivity contribution >= 4 is 11.8 Å². The number of hydrogen-bond donors (Lipinski definition) is 1.